The van der Waals surface area contributed by atoms with E-state index in [2.05, 4.69) is 5.32 Å². The molecule has 3 amide bonds. The maximum absolute atomic E-state index is 12.2. The summed E-state index contributed by atoms with van der Waals surface area (Å²) in [5.41, 5.74) is 0.561. The number of nitrogens with zero attached hydrogens (tertiary/aromatic N) is 1. The molecule has 0 saturated heterocycles. The van der Waals surface area contributed by atoms with Gasteiger partial charge >= 0.3 is 0 Å². The van der Waals surface area contributed by atoms with Gasteiger partial charge in [0.05, 0.1) is 18.2 Å². The zero-order chi connectivity index (χ0) is 16.5. The minimum absolute atomic E-state index is 0.110. The Morgan fingerprint density at radius 3 is 2.09 bits per heavy atom. The molecule has 0 aromatic heterocycles. The highest BCUT2D eigenvalue weighted by atomic mass is 16.2. The van der Waals surface area contributed by atoms with E-state index in [1.165, 1.54) is 4.90 Å². The minimum Gasteiger partial charge on any atom is -0.347 e. The topological polar surface area (TPSA) is 70.9 Å². The molecule has 6 nitrogen and oxygen atoms in total. The van der Waals surface area contributed by atoms with Crippen LogP contribution in [-0.4, -0.2) is 48.4 Å². The Morgan fingerprint density at radius 2 is 1.64 bits per heavy atom. The molecule has 1 unspecified atom stereocenters. The molecule has 1 aromatic carbocycles. The van der Waals surface area contributed by atoms with Crippen LogP contribution >= 0.6 is 0 Å². The lowest BCUT2D eigenvalue weighted by Gasteiger charge is -2.23. The van der Waals surface area contributed by atoms with E-state index in [4.69, 9.17) is 0 Å². The summed E-state index contributed by atoms with van der Waals surface area (Å²) >= 11 is 0. The Labute approximate surface area is 130 Å². The summed E-state index contributed by atoms with van der Waals surface area (Å²) in [7, 11) is 1.78. The molecular formula is C16H22N3O3+. The zero-order valence-corrected chi connectivity index (χ0v) is 13.4. The Morgan fingerprint density at radius 1 is 1.14 bits per heavy atom. The third-order valence-electron chi connectivity index (χ3n) is 3.28. The fraction of sp³-hybridized carbons (Fsp3) is 0.438. The lowest BCUT2D eigenvalue weighted by atomic mass is 10.1. The first-order valence-electron chi connectivity index (χ1n) is 7.26. The van der Waals surface area contributed by atoms with Crippen LogP contribution in [0.1, 0.15) is 41.5 Å². The van der Waals surface area contributed by atoms with Gasteiger partial charge in [0, 0.05) is 5.54 Å². The van der Waals surface area contributed by atoms with Gasteiger partial charge in [0.1, 0.15) is 0 Å². The summed E-state index contributed by atoms with van der Waals surface area (Å²) in [4.78, 5) is 38.4. The molecule has 0 aliphatic carbocycles. The van der Waals surface area contributed by atoms with Crippen molar-refractivity contribution < 1.29 is 19.3 Å². The number of hydrogen-bond acceptors (Lipinski definition) is 3. The van der Waals surface area contributed by atoms with E-state index < -0.39 is 0 Å². The van der Waals surface area contributed by atoms with Crippen molar-refractivity contribution in [2.75, 3.05) is 20.3 Å². The van der Waals surface area contributed by atoms with E-state index in [9.17, 15) is 14.4 Å². The Bertz CT molecular complexity index is 584. The van der Waals surface area contributed by atoms with E-state index >= 15 is 0 Å². The molecule has 2 rings (SSSR count). The third kappa shape index (κ3) is 3.51. The van der Waals surface area contributed by atoms with Crippen molar-refractivity contribution in [1.29, 1.82) is 0 Å². The van der Waals surface area contributed by atoms with Crippen molar-refractivity contribution in [2.45, 2.75) is 26.3 Å². The summed E-state index contributed by atoms with van der Waals surface area (Å²) in [6, 6.07) is 6.77. The lowest BCUT2D eigenvalue weighted by molar-refractivity contribution is -0.878. The molecule has 0 bridgehead atoms. The summed E-state index contributed by atoms with van der Waals surface area (Å²) in [6.07, 6.45) is 0. The van der Waals surface area contributed by atoms with Crippen molar-refractivity contribution in [3.8, 4) is 0 Å². The van der Waals surface area contributed by atoms with Crippen LogP contribution in [0.2, 0.25) is 0 Å². The van der Waals surface area contributed by atoms with E-state index in [-0.39, 0.29) is 36.5 Å². The number of quaternary nitrogens is 1. The monoisotopic (exact) mass is 304 g/mol. The van der Waals surface area contributed by atoms with E-state index in [0.29, 0.717) is 11.1 Å². The smallest absolute Gasteiger partial charge is 0.275 e. The van der Waals surface area contributed by atoms with Crippen molar-refractivity contribution in [3.63, 3.8) is 0 Å². The molecule has 1 heterocycles. The molecule has 2 N–H and O–H groups in total. The molecule has 0 fully saturated rings. The second-order valence-corrected chi connectivity index (χ2v) is 6.67. The van der Waals surface area contributed by atoms with Gasteiger partial charge < -0.3 is 10.2 Å². The molecule has 22 heavy (non-hydrogen) atoms. The predicted molar refractivity (Wildman–Crippen MR) is 81.5 cm³/mol. The van der Waals surface area contributed by atoms with E-state index in [0.717, 1.165) is 4.90 Å². The van der Waals surface area contributed by atoms with Crippen molar-refractivity contribution in [2.24, 2.45) is 0 Å². The Balaban J connectivity index is 1.99. The highest BCUT2D eigenvalue weighted by Gasteiger charge is 2.37. The standard InChI is InChI=1S/C16H21N3O3/c1-16(2,3)17-13(20)9-18(4)10-19-14(21)11-7-5-6-8-12(11)15(19)22/h5-8H,9-10H2,1-4H3,(H,17,20)/p+1. The van der Waals surface area contributed by atoms with Crippen LogP contribution in [0.15, 0.2) is 24.3 Å². The van der Waals surface area contributed by atoms with Crippen LogP contribution in [0, 0.1) is 0 Å². The van der Waals surface area contributed by atoms with Crippen LogP contribution < -0.4 is 10.2 Å². The second-order valence-electron chi connectivity index (χ2n) is 6.67. The van der Waals surface area contributed by atoms with Gasteiger partial charge in [-0.2, -0.15) is 0 Å². The molecule has 1 atom stereocenters. The van der Waals surface area contributed by atoms with Crippen molar-refractivity contribution in [3.05, 3.63) is 35.4 Å². The number of likely N-dealkylation sites (N-methyl/N-ethyl adjacent to an activating group) is 1. The van der Waals surface area contributed by atoms with Gasteiger partial charge in [0.2, 0.25) is 0 Å². The normalized spacial score (nSPS) is 15.7. The number of hydrogen-bond donors (Lipinski definition) is 2. The highest BCUT2D eigenvalue weighted by molar-refractivity contribution is 6.21. The van der Waals surface area contributed by atoms with Gasteiger partial charge in [-0.05, 0) is 32.9 Å². The summed E-state index contributed by atoms with van der Waals surface area (Å²) in [5.74, 6) is -0.700. The minimum atomic E-state index is -0.299. The molecule has 1 aliphatic rings. The molecule has 0 radical (unpaired) electrons. The van der Waals surface area contributed by atoms with Crippen LogP contribution in [0.5, 0.6) is 0 Å². The molecule has 1 aromatic rings. The fourth-order valence-electron chi connectivity index (χ4n) is 2.45. The lowest BCUT2D eigenvalue weighted by Crippen LogP contribution is -3.12. The van der Waals surface area contributed by atoms with Crippen LogP contribution in [0.25, 0.3) is 0 Å². The number of carbonyl (C=O) groups excluding carboxylic acids is 3. The fourth-order valence-corrected chi connectivity index (χ4v) is 2.45. The quantitative estimate of drug-likeness (QED) is 0.748. The summed E-state index contributed by atoms with van der Waals surface area (Å²) in [6.45, 7) is 6.09. The van der Waals surface area contributed by atoms with Gasteiger partial charge in [-0.25, -0.2) is 4.90 Å². The zero-order valence-electron chi connectivity index (χ0n) is 13.4. The molecule has 0 spiro atoms. The highest BCUT2D eigenvalue weighted by Crippen LogP contribution is 2.20. The SMILES string of the molecule is C[NH+](CC(=O)NC(C)(C)C)CN1C(=O)c2ccccc2C1=O. The van der Waals surface area contributed by atoms with Gasteiger partial charge in [-0.1, -0.05) is 12.1 Å². The van der Waals surface area contributed by atoms with Gasteiger partial charge in [-0.15, -0.1) is 0 Å². The maximum Gasteiger partial charge on any atom is 0.275 e. The maximum atomic E-state index is 12.2. The molecule has 118 valence electrons. The molecular weight excluding hydrogens is 282 g/mol. The summed E-state index contributed by atoms with van der Waals surface area (Å²) in [5, 5.41) is 2.87. The number of nitrogens with one attached hydrogen (secondary N) is 2. The van der Waals surface area contributed by atoms with Crippen molar-refractivity contribution in [1.82, 2.24) is 10.2 Å². The van der Waals surface area contributed by atoms with E-state index in [1.54, 1.807) is 31.3 Å². The van der Waals surface area contributed by atoms with E-state index in [1.807, 2.05) is 20.8 Å². The summed E-state index contributed by atoms with van der Waals surface area (Å²) < 4.78 is 0. The van der Waals surface area contributed by atoms with Gasteiger partial charge in [0.15, 0.2) is 13.2 Å². The average Bonchev–Trinajstić information content (AvgIpc) is 2.62. The largest absolute Gasteiger partial charge is 0.347 e. The number of rotatable bonds is 4. The first kappa shape index (κ1) is 16.2. The third-order valence-corrected chi connectivity index (χ3v) is 3.28. The first-order chi connectivity index (χ1) is 10.2. The Hall–Kier alpha value is -2.21. The number of fused-ring (bicyclic) bond motifs is 1. The first-order valence-corrected chi connectivity index (χ1v) is 7.26. The Kier molecular flexibility index (Phi) is 4.32. The average molecular weight is 304 g/mol. The van der Waals surface area contributed by atoms with Crippen LogP contribution in [0.3, 0.4) is 0 Å². The van der Waals surface area contributed by atoms with Crippen LogP contribution in [-0.2, 0) is 4.79 Å². The molecule has 0 saturated carbocycles. The number of imide groups is 1. The molecule has 6 heteroatoms. The second kappa shape index (κ2) is 5.88. The van der Waals surface area contributed by atoms with Gasteiger partial charge in [0.25, 0.3) is 17.7 Å². The van der Waals surface area contributed by atoms with Crippen molar-refractivity contribution >= 4 is 17.7 Å². The van der Waals surface area contributed by atoms with Gasteiger partial charge in [-0.3, -0.25) is 14.4 Å². The molecule has 1 aliphatic heterocycles. The van der Waals surface area contributed by atoms with Crippen LogP contribution in [0.4, 0.5) is 0 Å². The number of benzene rings is 1. The predicted octanol–water partition coefficient (Wildman–Crippen LogP) is -0.330. The number of carbonyl (C=O) groups is 3. The number of amides is 3.